The molecule has 23 heavy (non-hydrogen) atoms. The Balaban J connectivity index is 2.05. The van der Waals surface area contributed by atoms with Crippen molar-refractivity contribution in [3.8, 4) is 5.75 Å². The number of para-hydroxylation sites is 1. The Labute approximate surface area is 141 Å². The summed E-state index contributed by atoms with van der Waals surface area (Å²) in [5, 5.41) is 0. The van der Waals surface area contributed by atoms with E-state index in [9.17, 15) is 0 Å². The maximum absolute atomic E-state index is 6.02. The lowest BCUT2D eigenvalue weighted by Gasteiger charge is -2.15. The Bertz CT molecular complexity index is 557. The summed E-state index contributed by atoms with van der Waals surface area (Å²) in [5.41, 5.74) is 10.1. The summed E-state index contributed by atoms with van der Waals surface area (Å²) in [5.74, 6) is 1.57. The Morgan fingerprint density at radius 3 is 2.48 bits per heavy atom. The van der Waals surface area contributed by atoms with Crippen molar-refractivity contribution >= 4 is 0 Å². The highest BCUT2D eigenvalue weighted by molar-refractivity contribution is 5.58. The van der Waals surface area contributed by atoms with Crippen LogP contribution >= 0.6 is 0 Å². The first-order valence-electron chi connectivity index (χ1n) is 9.01. The van der Waals surface area contributed by atoms with Gasteiger partial charge >= 0.3 is 0 Å². The van der Waals surface area contributed by atoms with Crippen molar-refractivity contribution in [2.45, 2.75) is 64.9 Å². The molecule has 0 bridgehead atoms. The summed E-state index contributed by atoms with van der Waals surface area (Å²) in [7, 11) is 0. The predicted molar refractivity (Wildman–Crippen MR) is 98.9 cm³/mol. The molecule has 0 amide bonds. The van der Waals surface area contributed by atoms with Crippen LogP contribution in [0.3, 0.4) is 0 Å². The van der Waals surface area contributed by atoms with Gasteiger partial charge in [-0.2, -0.15) is 0 Å². The zero-order valence-corrected chi connectivity index (χ0v) is 14.8. The number of hydrogen-bond donors (Lipinski definition) is 1. The third-order valence-corrected chi connectivity index (χ3v) is 4.22. The number of nitrogens with two attached hydrogens (primary N) is 1. The molecule has 0 heterocycles. The van der Waals surface area contributed by atoms with Gasteiger partial charge in [0.05, 0.1) is 6.10 Å². The molecule has 0 fully saturated rings. The highest BCUT2D eigenvalue weighted by Crippen LogP contribution is 2.54. The summed E-state index contributed by atoms with van der Waals surface area (Å²) >= 11 is 0. The van der Waals surface area contributed by atoms with Gasteiger partial charge in [-0.1, -0.05) is 54.8 Å². The summed E-state index contributed by atoms with van der Waals surface area (Å²) in [6.45, 7) is 7.18. The van der Waals surface area contributed by atoms with Crippen LogP contribution in [0.5, 0.6) is 5.75 Å². The first kappa shape index (κ1) is 17.8. The molecule has 0 radical (unpaired) electrons. The Hall–Kier alpha value is -1.54. The van der Waals surface area contributed by atoms with Gasteiger partial charge in [-0.3, -0.25) is 0 Å². The molecule has 1 aromatic rings. The summed E-state index contributed by atoms with van der Waals surface area (Å²) in [6.07, 6.45) is 10.4. The fourth-order valence-electron chi connectivity index (χ4n) is 3.22. The Morgan fingerprint density at radius 2 is 1.78 bits per heavy atom. The van der Waals surface area contributed by atoms with Crippen LogP contribution in [0.1, 0.15) is 64.4 Å². The van der Waals surface area contributed by atoms with Gasteiger partial charge < -0.3 is 10.5 Å². The van der Waals surface area contributed by atoms with E-state index in [2.05, 4.69) is 57.2 Å². The number of hydrogen-bond acceptors (Lipinski definition) is 2. The van der Waals surface area contributed by atoms with Gasteiger partial charge in [0.15, 0.2) is 0 Å². The molecule has 0 spiro atoms. The monoisotopic (exact) mass is 313 g/mol. The first-order valence-corrected chi connectivity index (χ1v) is 9.01. The van der Waals surface area contributed by atoms with Crippen LogP contribution in [-0.2, 0) is 0 Å². The number of ether oxygens (including phenoxy) is 1. The zero-order valence-electron chi connectivity index (χ0n) is 14.8. The van der Waals surface area contributed by atoms with E-state index >= 15 is 0 Å². The van der Waals surface area contributed by atoms with Gasteiger partial charge in [-0.25, -0.2) is 0 Å². The zero-order chi connectivity index (χ0) is 16.7. The fourth-order valence-corrected chi connectivity index (χ4v) is 3.22. The van der Waals surface area contributed by atoms with Crippen molar-refractivity contribution < 1.29 is 4.74 Å². The third kappa shape index (κ3) is 4.97. The second kappa shape index (κ2) is 8.93. The second-order valence-electron chi connectivity index (χ2n) is 6.53. The van der Waals surface area contributed by atoms with Gasteiger partial charge in [0, 0.05) is 11.5 Å². The maximum atomic E-state index is 6.02. The molecule has 2 heteroatoms. The van der Waals surface area contributed by atoms with Crippen LogP contribution < -0.4 is 10.5 Å². The topological polar surface area (TPSA) is 35.2 Å². The minimum absolute atomic E-state index is 0.215. The molecule has 0 aromatic heterocycles. The van der Waals surface area contributed by atoms with Crippen molar-refractivity contribution in [2.75, 3.05) is 6.54 Å². The average Bonchev–Trinajstić information content (AvgIpc) is 3.20. The third-order valence-electron chi connectivity index (χ3n) is 4.22. The fraction of sp³-hybridized carbons (Fsp3) is 0.524. The van der Waals surface area contributed by atoms with Crippen molar-refractivity contribution in [3.05, 3.63) is 53.1 Å². The lowest BCUT2D eigenvalue weighted by Crippen LogP contribution is -2.07. The van der Waals surface area contributed by atoms with Gasteiger partial charge in [-0.05, 0) is 52.1 Å². The van der Waals surface area contributed by atoms with Crippen LogP contribution in [0.25, 0.3) is 0 Å². The van der Waals surface area contributed by atoms with Crippen molar-refractivity contribution in [2.24, 2.45) is 5.73 Å². The SMILES string of the molecule is CCCC1=C(CC/C=C/CCN)C1c1ccccc1OC(C)C. The smallest absolute Gasteiger partial charge is 0.123 e. The molecule has 2 nitrogen and oxygen atoms in total. The van der Waals surface area contributed by atoms with Crippen LogP contribution in [0.15, 0.2) is 47.6 Å². The minimum atomic E-state index is 0.215. The molecule has 2 rings (SSSR count). The van der Waals surface area contributed by atoms with E-state index in [1.807, 2.05) is 0 Å². The van der Waals surface area contributed by atoms with Crippen LogP contribution in [0, 0.1) is 0 Å². The molecule has 0 saturated carbocycles. The summed E-state index contributed by atoms with van der Waals surface area (Å²) in [4.78, 5) is 0. The van der Waals surface area contributed by atoms with E-state index in [1.165, 1.54) is 18.4 Å². The molecule has 1 unspecified atom stereocenters. The van der Waals surface area contributed by atoms with E-state index in [4.69, 9.17) is 10.5 Å². The highest BCUT2D eigenvalue weighted by Gasteiger charge is 2.37. The van der Waals surface area contributed by atoms with E-state index in [-0.39, 0.29) is 6.10 Å². The second-order valence-corrected chi connectivity index (χ2v) is 6.53. The van der Waals surface area contributed by atoms with Crippen LogP contribution in [0.4, 0.5) is 0 Å². The molecule has 1 aliphatic rings. The molecular formula is C21H31NO. The van der Waals surface area contributed by atoms with Crippen molar-refractivity contribution in [1.82, 2.24) is 0 Å². The molecule has 2 N–H and O–H groups in total. The van der Waals surface area contributed by atoms with E-state index in [1.54, 1.807) is 11.1 Å². The maximum Gasteiger partial charge on any atom is 0.123 e. The molecule has 1 aromatic carbocycles. The number of rotatable bonds is 10. The van der Waals surface area contributed by atoms with Gasteiger partial charge in [0.1, 0.15) is 5.75 Å². The predicted octanol–water partition coefficient (Wildman–Crippen LogP) is 5.35. The van der Waals surface area contributed by atoms with Crippen LogP contribution in [-0.4, -0.2) is 12.6 Å². The largest absolute Gasteiger partial charge is 0.491 e. The number of allylic oxidation sites excluding steroid dienone is 3. The molecule has 1 aliphatic carbocycles. The molecule has 0 aliphatic heterocycles. The Morgan fingerprint density at radius 1 is 1.09 bits per heavy atom. The van der Waals surface area contributed by atoms with E-state index < -0.39 is 0 Å². The number of benzene rings is 1. The average molecular weight is 313 g/mol. The normalized spacial score (nSPS) is 17.3. The highest BCUT2D eigenvalue weighted by atomic mass is 16.5. The van der Waals surface area contributed by atoms with Crippen molar-refractivity contribution in [1.29, 1.82) is 0 Å². The van der Waals surface area contributed by atoms with Crippen molar-refractivity contribution in [3.63, 3.8) is 0 Å². The van der Waals surface area contributed by atoms with E-state index in [0.717, 1.165) is 31.6 Å². The lowest BCUT2D eigenvalue weighted by molar-refractivity contribution is 0.240. The van der Waals surface area contributed by atoms with Gasteiger partial charge in [-0.15, -0.1) is 0 Å². The molecule has 126 valence electrons. The van der Waals surface area contributed by atoms with Gasteiger partial charge in [0.25, 0.3) is 0 Å². The Kier molecular flexibility index (Phi) is 6.91. The van der Waals surface area contributed by atoms with E-state index in [0.29, 0.717) is 5.92 Å². The van der Waals surface area contributed by atoms with Crippen LogP contribution in [0.2, 0.25) is 0 Å². The van der Waals surface area contributed by atoms with Gasteiger partial charge in [0.2, 0.25) is 0 Å². The molecule has 0 saturated heterocycles. The molecule has 1 atom stereocenters. The summed E-state index contributed by atoms with van der Waals surface area (Å²) in [6, 6.07) is 8.53. The quantitative estimate of drug-likeness (QED) is 0.591. The lowest BCUT2D eigenvalue weighted by atomic mass is 10.0. The molecular weight excluding hydrogens is 282 g/mol. The first-order chi connectivity index (χ1) is 11.2. The standard InChI is InChI=1S/C21H31NO/c1-4-11-17-18(12-7-5-6-10-15-22)21(17)19-13-8-9-14-20(19)23-16(2)3/h5-6,8-9,13-14,16,21H,4,7,10-12,15,22H2,1-3H3/b6-5+. The minimum Gasteiger partial charge on any atom is -0.491 e. The summed E-state index contributed by atoms with van der Waals surface area (Å²) < 4.78 is 6.02.